The van der Waals surface area contributed by atoms with E-state index in [-0.39, 0.29) is 18.6 Å². The van der Waals surface area contributed by atoms with Gasteiger partial charge in [-0.2, -0.15) is 11.8 Å². The van der Waals surface area contributed by atoms with E-state index in [0.717, 1.165) is 12.2 Å². The Hall–Kier alpha value is -1.19. The lowest BCUT2D eigenvalue weighted by atomic mass is 10.1. The molecule has 11 heteroatoms. The van der Waals surface area contributed by atoms with Crippen LogP contribution in [-0.4, -0.2) is 56.7 Å². The smallest absolute Gasteiger partial charge is 0.225 e. The summed E-state index contributed by atoms with van der Waals surface area (Å²) in [4.78, 5) is 12.5. The lowest BCUT2D eigenvalue weighted by Crippen LogP contribution is -2.17. The molecule has 0 amide bonds. The summed E-state index contributed by atoms with van der Waals surface area (Å²) in [7, 11) is -2.78. The normalized spacial score (nSPS) is 14.0. The molecule has 0 bridgehead atoms. The van der Waals surface area contributed by atoms with Crippen molar-refractivity contribution >= 4 is 36.1 Å². The fraction of sp³-hybridized carbons (Fsp3) is 0.800. The highest BCUT2D eigenvalue weighted by Crippen LogP contribution is 2.42. The van der Waals surface area contributed by atoms with Gasteiger partial charge in [-0.3, -0.25) is 4.57 Å². The largest absolute Gasteiger partial charge is 0.382 e. The van der Waals surface area contributed by atoms with E-state index in [1.165, 1.54) is 76.3 Å². The highest BCUT2D eigenvalue weighted by Gasteiger charge is 2.19. The van der Waals surface area contributed by atoms with Crippen molar-refractivity contribution in [2.75, 3.05) is 36.9 Å². The number of rotatable bonds is 21. The first-order chi connectivity index (χ1) is 16.9. The highest BCUT2D eigenvalue weighted by molar-refractivity contribution is 7.99. The third-order valence-corrected chi connectivity index (χ3v) is 8.42. The molecule has 0 spiro atoms. The molecule has 2 atom stereocenters. The minimum absolute atomic E-state index is 0. The van der Waals surface area contributed by atoms with Gasteiger partial charge in [0.15, 0.2) is 11.5 Å². The van der Waals surface area contributed by atoms with Gasteiger partial charge in [-0.05, 0) is 31.3 Å². The number of hydrogen-bond donors (Lipinski definition) is 2. The standard InChI is InChI=1S/C25H46N5O3PS.H3N/c1-4-5-6-7-8-9-10-11-12-13-16-35-17-14-15-33-34(3,31)21-32-22(2)18-30-20-29-23-24(26)27-19-28-25(23)30;/h19-20,22H,4-18,21H2,1-3H3,(H2,26,27,28);1H3/p+1/t22-,34?;/m1./s1. The number of hydrogen-bond acceptors (Lipinski definition) is 8. The van der Waals surface area contributed by atoms with Gasteiger partial charge in [-0.1, -0.05) is 64.7 Å². The van der Waals surface area contributed by atoms with Crippen LogP contribution in [0.25, 0.3) is 11.2 Å². The Morgan fingerprint density at radius 1 is 1.00 bits per heavy atom. The molecule has 0 aliphatic carbocycles. The average molecular weight is 546 g/mol. The van der Waals surface area contributed by atoms with Crippen molar-refractivity contribution in [2.45, 2.75) is 97.1 Å². The predicted molar refractivity (Wildman–Crippen MR) is 154 cm³/mol. The van der Waals surface area contributed by atoms with Gasteiger partial charge in [0.05, 0.1) is 25.6 Å². The Kier molecular flexibility index (Phi) is 17.3. The molecular weight excluding hydrogens is 495 g/mol. The Morgan fingerprint density at radius 2 is 1.64 bits per heavy atom. The molecule has 0 aliphatic rings. The van der Waals surface area contributed by atoms with Gasteiger partial charge in [0, 0.05) is 6.66 Å². The number of fused-ring (bicyclic) bond motifs is 1. The predicted octanol–water partition coefficient (Wildman–Crippen LogP) is 7.12. The van der Waals surface area contributed by atoms with Crippen LogP contribution in [0.4, 0.5) is 5.82 Å². The van der Waals surface area contributed by atoms with Crippen LogP contribution in [0.5, 0.6) is 0 Å². The summed E-state index contributed by atoms with van der Waals surface area (Å²) in [6.07, 6.45) is 17.7. The van der Waals surface area contributed by atoms with E-state index in [1.54, 1.807) is 13.0 Å². The minimum Gasteiger partial charge on any atom is -0.382 e. The summed E-state index contributed by atoms with van der Waals surface area (Å²) in [6, 6.07) is 0. The second kappa shape index (κ2) is 19.0. The van der Waals surface area contributed by atoms with Crippen LogP contribution in [0.15, 0.2) is 12.7 Å². The van der Waals surface area contributed by atoms with E-state index in [4.69, 9.17) is 15.0 Å². The van der Waals surface area contributed by atoms with Gasteiger partial charge in [0.1, 0.15) is 18.2 Å². The topological polar surface area (TPSA) is 142 Å². The van der Waals surface area contributed by atoms with Gasteiger partial charge in [0.25, 0.3) is 0 Å². The van der Waals surface area contributed by atoms with Crippen molar-refractivity contribution in [1.82, 2.24) is 25.7 Å². The van der Waals surface area contributed by atoms with Gasteiger partial charge in [-0.25, -0.2) is 15.0 Å². The molecule has 9 nitrogen and oxygen atoms in total. The zero-order chi connectivity index (χ0) is 25.4. The maximum absolute atomic E-state index is 12.7. The number of anilines is 1. The fourth-order valence-corrected chi connectivity index (χ4v) is 5.92. The van der Waals surface area contributed by atoms with Gasteiger partial charge >= 0.3 is 0 Å². The number of unbranched alkanes of at least 4 members (excludes halogenated alkanes) is 9. The Morgan fingerprint density at radius 3 is 2.33 bits per heavy atom. The van der Waals surface area contributed by atoms with Crippen molar-refractivity contribution < 1.29 is 13.8 Å². The maximum Gasteiger partial charge on any atom is 0.225 e. The lowest BCUT2D eigenvalue weighted by Gasteiger charge is -2.18. The van der Waals surface area contributed by atoms with E-state index < -0.39 is 7.37 Å². The quantitative estimate of drug-likeness (QED) is 0.125. The van der Waals surface area contributed by atoms with E-state index in [2.05, 4.69) is 21.9 Å². The molecule has 2 rings (SSSR count). The molecule has 0 fully saturated rings. The summed E-state index contributed by atoms with van der Waals surface area (Å²) in [5.41, 5.74) is 7.08. The van der Waals surface area contributed by atoms with Gasteiger partial charge in [-0.15, -0.1) is 0 Å². The average Bonchev–Trinajstić information content (AvgIpc) is 3.24. The number of aromatic nitrogens is 4. The number of imidazole rings is 1. The van der Waals surface area contributed by atoms with E-state index >= 15 is 0 Å². The van der Waals surface area contributed by atoms with Crippen LogP contribution >= 0.6 is 19.1 Å². The lowest BCUT2D eigenvalue weighted by molar-refractivity contribution is 0.0801. The molecule has 0 saturated heterocycles. The summed E-state index contributed by atoms with van der Waals surface area (Å²) >= 11 is 1.97. The van der Waals surface area contributed by atoms with Crippen molar-refractivity contribution in [3.8, 4) is 0 Å². The Balaban J connectivity index is 0.00000648. The number of nitrogens with two attached hydrogens (primary N) is 1. The second-order valence-electron chi connectivity index (χ2n) is 9.43. The first kappa shape index (κ1) is 32.8. The molecule has 6 N–H and O–H groups in total. The summed E-state index contributed by atoms with van der Waals surface area (Å²) in [5, 5.41) is 0. The van der Waals surface area contributed by atoms with Crippen molar-refractivity contribution in [2.24, 2.45) is 0 Å². The number of thioether (sulfide) groups is 1. The van der Waals surface area contributed by atoms with Crippen molar-refractivity contribution in [3.05, 3.63) is 12.7 Å². The van der Waals surface area contributed by atoms with Crippen LogP contribution in [-0.2, 0) is 20.4 Å². The zero-order valence-corrected chi connectivity index (χ0v) is 24.7. The molecule has 0 saturated carbocycles. The molecule has 0 aliphatic heterocycles. The molecular formula is C25H50N6O3PS+. The third-order valence-electron chi connectivity index (χ3n) is 5.92. The number of nitrogens with zero attached hydrogens (tertiary/aromatic N) is 4. The summed E-state index contributed by atoms with van der Waals surface area (Å²) in [6.45, 7) is 6.89. The third kappa shape index (κ3) is 13.4. The molecule has 36 heavy (non-hydrogen) atoms. The van der Waals surface area contributed by atoms with E-state index in [0.29, 0.717) is 30.1 Å². The van der Waals surface area contributed by atoms with E-state index in [1.807, 2.05) is 23.3 Å². The fourth-order valence-electron chi connectivity index (χ4n) is 3.87. The number of ether oxygens (including phenoxy) is 1. The minimum atomic E-state index is -2.78. The van der Waals surface area contributed by atoms with Crippen LogP contribution in [0.1, 0.15) is 84.5 Å². The number of quaternary nitrogens is 1. The second-order valence-corrected chi connectivity index (χ2v) is 13.2. The molecule has 2 aromatic heterocycles. The summed E-state index contributed by atoms with van der Waals surface area (Å²) < 4.78 is 26.1. The molecule has 0 radical (unpaired) electrons. The van der Waals surface area contributed by atoms with Gasteiger partial charge in [0.2, 0.25) is 7.37 Å². The first-order valence-corrected chi connectivity index (χ1v) is 16.7. The van der Waals surface area contributed by atoms with Crippen LogP contribution in [0, 0.1) is 0 Å². The van der Waals surface area contributed by atoms with Crippen LogP contribution < -0.4 is 11.9 Å². The van der Waals surface area contributed by atoms with Crippen LogP contribution in [0.2, 0.25) is 0 Å². The Bertz CT molecular complexity index is 885. The number of nitrogen functional groups attached to an aromatic ring is 1. The van der Waals surface area contributed by atoms with E-state index in [9.17, 15) is 4.57 Å². The molecule has 2 aromatic rings. The molecule has 0 aromatic carbocycles. The van der Waals surface area contributed by atoms with Gasteiger partial charge < -0.3 is 25.7 Å². The summed E-state index contributed by atoms with van der Waals surface area (Å²) in [5.74, 6) is 2.61. The Labute approximate surface area is 222 Å². The highest BCUT2D eigenvalue weighted by atomic mass is 32.2. The monoisotopic (exact) mass is 545 g/mol. The van der Waals surface area contributed by atoms with Crippen molar-refractivity contribution in [3.63, 3.8) is 0 Å². The molecule has 208 valence electrons. The SMILES string of the molecule is CCCCCCCCCCCCSCCCOP(C)(=O)CO[C@H](C)Cn1cnc2c(N)ncnc21.[NH4+]. The first-order valence-electron chi connectivity index (χ1n) is 13.2. The van der Waals surface area contributed by atoms with Crippen molar-refractivity contribution in [1.29, 1.82) is 0 Å². The van der Waals surface area contributed by atoms with Crippen LogP contribution in [0.3, 0.4) is 0 Å². The zero-order valence-electron chi connectivity index (χ0n) is 23.0. The molecule has 2 heterocycles. The molecule has 1 unspecified atom stereocenters. The maximum atomic E-state index is 12.7.